The number of allylic oxidation sites excluding steroid dienone is 2. The molecule has 0 aromatic heterocycles. The van der Waals surface area contributed by atoms with Gasteiger partial charge in [-0.2, -0.15) is 0 Å². The van der Waals surface area contributed by atoms with E-state index in [2.05, 4.69) is 6.08 Å². The average molecular weight is 253 g/mol. The molecule has 0 bridgehead atoms. The smallest absolute Gasteiger partial charge is 0.130 e. The molecule has 17 heavy (non-hydrogen) atoms. The molecular formula is C14H17ClO2. The first-order valence-electron chi connectivity index (χ1n) is 5.82. The molecule has 0 spiro atoms. The summed E-state index contributed by atoms with van der Waals surface area (Å²) in [6.07, 6.45) is 5.30. The third-order valence-corrected chi connectivity index (χ3v) is 3.40. The number of hydrogen-bond acceptors (Lipinski definition) is 2. The Morgan fingerprint density at radius 3 is 2.35 bits per heavy atom. The zero-order valence-corrected chi connectivity index (χ0v) is 11.0. The molecule has 0 N–H and O–H groups in total. The fraction of sp³-hybridized carbons (Fsp3) is 0.429. The van der Waals surface area contributed by atoms with E-state index in [1.54, 1.807) is 14.2 Å². The molecule has 0 radical (unpaired) electrons. The van der Waals surface area contributed by atoms with E-state index in [1.807, 2.05) is 18.2 Å². The van der Waals surface area contributed by atoms with E-state index in [1.165, 1.54) is 5.57 Å². The summed E-state index contributed by atoms with van der Waals surface area (Å²) in [5.41, 5.74) is 2.27. The summed E-state index contributed by atoms with van der Waals surface area (Å²) in [6, 6.07) is 5.84. The highest BCUT2D eigenvalue weighted by atomic mass is 35.5. The van der Waals surface area contributed by atoms with Gasteiger partial charge in [0.05, 0.1) is 25.2 Å². The number of rotatable bonds is 3. The van der Waals surface area contributed by atoms with Crippen LogP contribution in [0.15, 0.2) is 24.3 Å². The Labute approximate surface area is 107 Å². The minimum atomic E-state index is 0.119. The van der Waals surface area contributed by atoms with Gasteiger partial charge < -0.3 is 9.47 Å². The molecule has 0 heterocycles. The van der Waals surface area contributed by atoms with Crippen molar-refractivity contribution in [1.29, 1.82) is 0 Å². The van der Waals surface area contributed by atoms with Gasteiger partial charge in [-0.25, -0.2) is 0 Å². The van der Waals surface area contributed by atoms with E-state index in [4.69, 9.17) is 21.1 Å². The minimum Gasteiger partial charge on any atom is -0.496 e. The van der Waals surface area contributed by atoms with Crippen LogP contribution in [0.3, 0.4) is 0 Å². The highest BCUT2D eigenvalue weighted by Gasteiger charge is 2.19. The molecule has 3 heteroatoms. The molecule has 2 nitrogen and oxygen atoms in total. The Bertz CT molecular complexity index is 404. The van der Waals surface area contributed by atoms with Gasteiger partial charge in [-0.3, -0.25) is 0 Å². The monoisotopic (exact) mass is 252 g/mol. The van der Waals surface area contributed by atoms with Crippen LogP contribution in [0, 0.1) is 0 Å². The number of halogens is 1. The van der Waals surface area contributed by atoms with Crippen molar-refractivity contribution in [1.82, 2.24) is 0 Å². The molecule has 0 amide bonds. The summed E-state index contributed by atoms with van der Waals surface area (Å²) < 4.78 is 10.8. The van der Waals surface area contributed by atoms with Crippen molar-refractivity contribution in [2.75, 3.05) is 14.2 Å². The molecule has 1 unspecified atom stereocenters. The van der Waals surface area contributed by atoms with E-state index in [0.29, 0.717) is 0 Å². The summed E-state index contributed by atoms with van der Waals surface area (Å²) in [5, 5.41) is 0.119. The number of benzene rings is 1. The van der Waals surface area contributed by atoms with Gasteiger partial charge in [0, 0.05) is 0 Å². The normalized spacial score (nSPS) is 19.7. The van der Waals surface area contributed by atoms with Crippen LogP contribution in [0.5, 0.6) is 11.5 Å². The molecule has 1 aromatic carbocycles. The second-order valence-electron chi connectivity index (χ2n) is 4.14. The lowest BCUT2D eigenvalue weighted by Crippen LogP contribution is -2.05. The Kier molecular flexibility index (Phi) is 3.95. The maximum absolute atomic E-state index is 6.19. The molecular weight excluding hydrogens is 236 g/mol. The fourth-order valence-corrected chi connectivity index (χ4v) is 2.55. The van der Waals surface area contributed by atoms with Gasteiger partial charge in [0.1, 0.15) is 11.5 Å². The van der Waals surface area contributed by atoms with Crippen LogP contribution in [0.25, 0.3) is 5.57 Å². The first-order chi connectivity index (χ1) is 8.26. The Morgan fingerprint density at radius 1 is 1.18 bits per heavy atom. The van der Waals surface area contributed by atoms with Crippen LogP contribution in [-0.2, 0) is 0 Å². The quantitative estimate of drug-likeness (QED) is 0.760. The summed E-state index contributed by atoms with van der Waals surface area (Å²) in [6.45, 7) is 0. The second-order valence-corrected chi connectivity index (χ2v) is 4.70. The first kappa shape index (κ1) is 12.3. The number of methoxy groups -OCH3 is 2. The fourth-order valence-electron chi connectivity index (χ4n) is 2.25. The zero-order chi connectivity index (χ0) is 12.3. The average Bonchev–Trinajstić information content (AvgIpc) is 2.37. The molecule has 1 aromatic rings. The van der Waals surface area contributed by atoms with Crippen LogP contribution in [-0.4, -0.2) is 19.6 Å². The van der Waals surface area contributed by atoms with Crippen molar-refractivity contribution < 1.29 is 9.47 Å². The molecule has 1 atom stereocenters. The molecule has 2 rings (SSSR count). The van der Waals surface area contributed by atoms with Crippen LogP contribution >= 0.6 is 11.6 Å². The summed E-state index contributed by atoms with van der Waals surface area (Å²) in [4.78, 5) is 0. The minimum absolute atomic E-state index is 0.119. The number of hydrogen-bond donors (Lipinski definition) is 0. The molecule has 1 aliphatic carbocycles. The Balaban J connectivity index is 2.48. The van der Waals surface area contributed by atoms with Gasteiger partial charge in [0.25, 0.3) is 0 Å². The molecule has 0 saturated heterocycles. The van der Waals surface area contributed by atoms with Crippen molar-refractivity contribution in [2.24, 2.45) is 0 Å². The number of ether oxygens (including phenoxy) is 2. The van der Waals surface area contributed by atoms with Crippen LogP contribution in [0.4, 0.5) is 0 Å². The Morgan fingerprint density at radius 2 is 1.82 bits per heavy atom. The van der Waals surface area contributed by atoms with Crippen molar-refractivity contribution in [2.45, 2.75) is 24.6 Å². The second kappa shape index (κ2) is 5.46. The third kappa shape index (κ3) is 2.58. The predicted octanol–water partition coefficient (Wildman–Crippen LogP) is 3.88. The zero-order valence-electron chi connectivity index (χ0n) is 10.2. The summed E-state index contributed by atoms with van der Waals surface area (Å²) in [5.74, 6) is 1.70. The van der Waals surface area contributed by atoms with Crippen LogP contribution < -0.4 is 9.47 Å². The lowest BCUT2D eigenvalue weighted by molar-refractivity contribution is 0.391. The van der Waals surface area contributed by atoms with Gasteiger partial charge in [0.2, 0.25) is 0 Å². The van der Waals surface area contributed by atoms with Crippen molar-refractivity contribution in [3.63, 3.8) is 0 Å². The first-order valence-corrected chi connectivity index (χ1v) is 6.26. The van der Waals surface area contributed by atoms with E-state index in [0.717, 1.165) is 36.3 Å². The highest BCUT2D eigenvalue weighted by Crippen LogP contribution is 2.39. The largest absolute Gasteiger partial charge is 0.496 e. The maximum atomic E-state index is 6.19. The lowest BCUT2D eigenvalue weighted by Gasteiger charge is -2.20. The van der Waals surface area contributed by atoms with Crippen LogP contribution in [0.1, 0.15) is 24.8 Å². The van der Waals surface area contributed by atoms with Crippen molar-refractivity contribution in [3.05, 3.63) is 29.8 Å². The molecule has 0 aliphatic heterocycles. The third-order valence-electron chi connectivity index (χ3n) is 3.06. The molecule has 92 valence electrons. The van der Waals surface area contributed by atoms with Crippen molar-refractivity contribution >= 4 is 17.2 Å². The van der Waals surface area contributed by atoms with Gasteiger partial charge in [-0.15, -0.1) is 11.6 Å². The van der Waals surface area contributed by atoms with Gasteiger partial charge in [-0.05, 0) is 37.0 Å². The van der Waals surface area contributed by atoms with Gasteiger partial charge >= 0.3 is 0 Å². The predicted molar refractivity (Wildman–Crippen MR) is 71.0 cm³/mol. The molecule has 0 fully saturated rings. The van der Waals surface area contributed by atoms with Gasteiger partial charge in [0.15, 0.2) is 0 Å². The highest BCUT2D eigenvalue weighted by molar-refractivity contribution is 6.22. The van der Waals surface area contributed by atoms with E-state index in [9.17, 15) is 0 Å². The molecule has 1 aliphatic rings. The van der Waals surface area contributed by atoms with E-state index in [-0.39, 0.29) is 5.38 Å². The standard InChI is InChI=1S/C14H17ClO2/c1-16-12-7-4-8-13(17-2)14(12)10-5-3-6-11(15)9-10/h4,7-9,11H,3,5-6H2,1-2H3. The van der Waals surface area contributed by atoms with Gasteiger partial charge in [-0.1, -0.05) is 12.1 Å². The summed E-state index contributed by atoms with van der Waals surface area (Å²) in [7, 11) is 3.36. The molecule has 0 saturated carbocycles. The Hall–Kier alpha value is -1.15. The van der Waals surface area contributed by atoms with Crippen molar-refractivity contribution in [3.8, 4) is 11.5 Å². The SMILES string of the molecule is COc1cccc(OC)c1C1=CC(Cl)CCC1. The van der Waals surface area contributed by atoms with E-state index < -0.39 is 0 Å². The van der Waals surface area contributed by atoms with Crippen LogP contribution in [0.2, 0.25) is 0 Å². The summed E-state index contributed by atoms with van der Waals surface area (Å²) >= 11 is 6.19. The number of alkyl halides is 1. The van der Waals surface area contributed by atoms with E-state index >= 15 is 0 Å². The lowest BCUT2D eigenvalue weighted by atomic mass is 9.92. The maximum Gasteiger partial charge on any atom is 0.130 e. The topological polar surface area (TPSA) is 18.5 Å².